The van der Waals surface area contributed by atoms with Gasteiger partial charge in [0.1, 0.15) is 5.76 Å². The molecule has 0 unspecified atom stereocenters. The lowest BCUT2D eigenvalue weighted by Crippen LogP contribution is -2.52. The van der Waals surface area contributed by atoms with Crippen molar-refractivity contribution in [3.05, 3.63) is 54.0 Å². The topological polar surface area (TPSA) is 112 Å². The van der Waals surface area contributed by atoms with Crippen LogP contribution in [0.5, 0.6) is 0 Å². The van der Waals surface area contributed by atoms with E-state index in [2.05, 4.69) is 20.9 Å². The van der Waals surface area contributed by atoms with Crippen LogP contribution in [0.15, 0.2) is 52.0 Å². The van der Waals surface area contributed by atoms with Gasteiger partial charge in [-0.3, -0.25) is 15.6 Å². The van der Waals surface area contributed by atoms with E-state index in [9.17, 15) is 13.2 Å². The minimum Gasteiger partial charge on any atom is -0.468 e. The molecule has 0 fully saturated rings. The molecule has 146 valence electrons. The van der Waals surface area contributed by atoms with E-state index in [0.717, 1.165) is 0 Å². The number of benzene rings is 1. The zero-order chi connectivity index (χ0) is 20.1. The Morgan fingerprint density at radius 2 is 1.78 bits per heavy atom. The van der Waals surface area contributed by atoms with Gasteiger partial charge in [0.2, 0.25) is 10.0 Å². The van der Waals surface area contributed by atoms with Crippen molar-refractivity contribution in [2.45, 2.75) is 37.8 Å². The van der Waals surface area contributed by atoms with Crippen molar-refractivity contribution in [2.75, 3.05) is 0 Å². The molecule has 1 heterocycles. The number of carbonyl (C=O) groups excluding carboxylic acids is 1. The molecule has 4 N–H and O–H groups in total. The number of sulfonamides is 1. The number of hydrazine groups is 1. The molecule has 0 aliphatic carbocycles. The van der Waals surface area contributed by atoms with Crippen LogP contribution in [0.25, 0.3) is 0 Å². The van der Waals surface area contributed by atoms with Crippen molar-refractivity contribution in [2.24, 2.45) is 0 Å². The molecule has 10 heteroatoms. The second-order valence-corrected chi connectivity index (χ2v) is 8.89. The van der Waals surface area contributed by atoms with Crippen LogP contribution in [-0.2, 0) is 16.6 Å². The number of hydrogen-bond donors (Lipinski definition) is 4. The van der Waals surface area contributed by atoms with Crippen molar-refractivity contribution >= 4 is 33.3 Å². The largest absolute Gasteiger partial charge is 0.468 e. The fourth-order valence-corrected chi connectivity index (χ4v) is 3.36. The summed E-state index contributed by atoms with van der Waals surface area (Å²) in [7, 11) is -3.71. The van der Waals surface area contributed by atoms with E-state index in [4.69, 9.17) is 16.6 Å². The molecule has 0 bridgehead atoms. The van der Waals surface area contributed by atoms with E-state index >= 15 is 0 Å². The molecule has 0 radical (unpaired) electrons. The Morgan fingerprint density at radius 1 is 1.11 bits per heavy atom. The lowest BCUT2D eigenvalue weighted by molar-refractivity contribution is 0.0943. The van der Waals surface area contributed by atoms with Crippen LogP contribution in [0, 0.1) is 0 Å². The van der Waals surface area contributed by atoms with Crippen LogP contribution in [0.1, 0.15) is 36.9 Å². The SMILES string of the molecule is CC(C)(C)NC(=S)NNC(=O)c1ccc(S(=O)(=O)NCc2ccco2)cc1. The molecule has 1 aromatic heterocycles. The zero-order valence-electron chi connectivity index (χ0n) is 15.2. The zero-order valence-corrected chi connectivity index (χ0v) is 16.8. The van der Waals surface area contributed by atoms with Crippen molar-refractivity contribution in [1.82, 2.24) is 20.9 Å². The van der Waals surface area contributed by atoms with Gasteiger partial charge in [0.05, 0.1) is 17.7 Å². The maximum atomic E-state index is 12.3. The van der Waals surface area contributed by atoms with Gasteiger partial charge in [0, 0.05) is 11.1 Å². The lowest BCUT2D eigenvalue weighted by Gasteiger charge is -2.23. The molecule has 1 amide bonds. The first kappa shape index (κ1) is 20.9. The van der Waals surface area contributed by atoms with Crippen molar-refractivity contribution < 1.29 is 17.6 Å². The number of amides is 1. The maximum Gasteiger partial charge on any atom is 0.269 e. The van der Waals surface area contributed by atoms with E-state index < -0.39 is 15.9 Å². The Bertz CT molecular complexity index is 886. The number of rotatable bonds is 5. The third kappa shape index (κ3) is 6.66. The molecule has 2 aromatic rings. The molecule has 0 aliphatic heterocycles. The summed E-state index contributed by atoms with van der Waals surface area (Å²) in [5.41, 5.74) is 5.09. The quantitative estimate of drug-likeness (QED) is 0.438. The fourth-order valence-electron chi connectivity index (χ4n) is 2.01. The van der Waals surface area contributed by atoms with E-state index in [1.807, 2.05) is 20.8 Å². The van der Waals surface area contributed by atoms with Gasteiger partial charge in [0.15, 0.2) is 5.11 Å². The molecule has 0 aliphatic rings. The third-order valence-electron chi connectivity index (χ3n) is 3.22. The standard InChI is InChI=1S/C17H22N4O4S2/c1-17(2,3)19-16(26)21-20-15(22)12-6-8-14(9-7-12)27(23,24)18-11-13-5-4-10-25-13/h4-10,18H,11H2,1-3H3,(H,20,22)(H2,19,21,26). The van der Waals surface area contributed by atoms with E-state index in [-0.39, 0.29) is 27.7 Å². The summed E-state index contributed by atoms with van der Waals surface area (Å²) < 4.78 is 32.0. The molecular formula is C17H22N4O4S2. The summed E-state index contributed by atoms with van der Waals surface area (Å²) in [5, 5.41) is 3.27. The highest BCUT2D eigenvalue weighted by Crippen LogP contribution is 2.11. The minimum atomic E-state index is -3.71. The van der Waals surface area contributed by atoms with Crippen LogP contribution in [-0.4, -0.2) is 25.0 Å². The van der Waals surface area contributed by atoms with Gasteiger partial charge in [-0.2, -0.15) is 0 Å². The van der Waals surface area contributed by atoms with E-state index in [1.54, 1.807) is 12.1 Å². The smallest absolute Gasteiger partial charge is 0.269 e. The molecule has 0 spiro atoms. The van der Waals surface area contributed by atoms with Crippen LogP contribution in [0.2, 0.25) is 0 Å². The minimum absolute atomic E-state index is 0.0414. The Kier molecular flexibility index (Phi) is 6.58. The first-order valence-corrected chi connectivity index (χ1v) is 9.96. The number of hydrogen-bond acceptors (Lipinski definition) is 5. The highest BCUT2D eigenvalue weighted by Gasteiger charge is 2.16. The van der Waals surface area contributed by atoms with E-state index in [1.165, 1.54) is 30.5 Å². The predicted molar refractivity (Wildman–Crippen MR) is 105 cm³/mol. The monoisotopic (exact) mass is 410 g/mol. The van der Waals surface area contributed by atoms with Crippen molar-refractivity contribution in [1.29, 1.82) is 0 Å². The van der Waals surface area contributed by atoms with Gasteiger partial charge >= 0.3 is 0 Å². The molecule has 0 saturated heterocycles. The first-order valence-electron chi connectivity index (χ1n) is 8.07. The number of furan rings is 1. The first-order chi connectivity index (χ1) is 12.6. The average Bonchev–Trinajstić information content (AvgIpc) is 3.10. The van der Waals surface area contributed by atoms with Crippen LogP contribution < -0.4 is 20.9 Å². The van der Waals surface area contributed by atoms with Gasteiger partial charge < -0.3 is 9.73 Å². The molecule has 2 rings (SSSR count). The van der Waals surface area contributed by atoms with Gasteiger partial charge in [0.25, 0.3) is 5.91 Å². The van der Waals surface area contributed by atoms with Gasteiger partial charge in [-0.25, -0.2) is 13.1 Å². The molecular weight excluding hydrogens is 388 g/mol. The van der Waals surface area contributed by atoms with Crippen LogP contribution in [0.4, 0.5) is 0 Å². The lowest BCUT2D eigenvalue weighted by atomic mass is 10.1. The van der Waals surface area contributed by atoms with Gasteiger partial charge in [-0.1, -0.05) is 0 Å². The Morgan fingerprint density at radius 3 is 2.33 bits per heavy atom. The third-order valence-corrected chi connectivity index (χ3v) is 4.84. The van der Waals surface area contributed by atoms with Crippen molar-refractivity contribution in [3.8, 4) is 0 Å². The molecule has 0 atom stereocenters. The second-order valence-electron chi connectivity index (χ2n) is 6.71. The normalized spacial score (nSPS) is 11.7. The maximum absolute atomic E-state index is 12.3. The highest BCUT2D eigenvalue weighted by atomic mass is 32.2. The summed E-state index contributed by atoms with van der Waals surface area (Å²) in [4.78, 5) is 12.2. The molecule has 27 heavy (non-hydrogen) atoms. The Balaban J connectivity index is 1.93. The second kappa shape index (κ2) is 8.51. The van der Waals surface area contributed by atoms with Crippen molar-refractivity contribution in [3.63, 3.8) is 0 Å². The fraction of sp³-hybridized carbons (Fsp3) is 0.294. The molecule has 0 saturated carbocycles. The number of thiocarbonyl (C=S) groups is 1. The van der Waals surface area contributed by atoms with Gasteiger partial charge in [-0.15, -0.1) is 0 Å². The summed E-state index contributed by atoms with van der Waals surface area (Å²) in [6.07, 6.45) is 1.47. The van der Waals surface area contributed by atoms with Gasteiger partial charge in [-0.05, 0) is 69.4 Å². The summed E-state index contributed by atoms with van der Waals surface area (Å²) in [6, 6.07) is 8.88. The highest BCUT2D eigenvalue weighted by molar-refractivity contribution is 7.89. The molecule has 8 nitrogen and oxygen atoms in total. The predicted octanol–water partition coefficient (Wildman–Crippen LogP) is 1.67. The summed E-state index contributed by atoms with van der Waals surface area (Å²) in [6.45, 7) is 5.84. The summed E-state index contributed by atoms with van der Waals surface area (Å²) >= 11 is 5.07. The van der Waals surface area contributed by atoms with Crippen LogP contribution in [0.3, 0.4) is 0 Å². The van der Waals surface area contributed by atoms with Crippen LogP contribution >= 0.6 is 12.2 Å². The number of nitrogens with one attached hydrogen (secondary N) is 4. The number of carbonyl (C=O) groups is 1. The molecule has 1 aromatic carbocycles. The van der Waals surface area contributed by atoms with E-state index in [0.29, 0.717) is 5.76 Å². The Hall–Kier alpha value is -2.43. The average molecular weight is 411 g/mol. The Labute approximate surface area is 163 Å². The summed E-state index contributed by atoms with van der Waals surface area (Å²) in [5.74, 6) is 0.0565.